The van der Waals surface area contributed by atoms with Crippen LogP contribution in [-0.4, -0.2) is 19.5 Å². The number of nitrogens with one attached hydrogen (secondary N) is 1. The Hall–Kier alpha value is -4.37. The van der Waals surface area contributed by atoms with Crippen molar-refractivity contribution in [3.63, 3.8) is 0 Å². The fourth-order valence-corrected chi connectivity index (χ4v) is 3.55. The quantitative estimate of drug-likeness (QED) is 0.441. The lowest BCUT2D eigenvalue weighted by Gasteiger charge is -2.24. The molecule has 0 spiro atoms. The van der Waals surface area contributed by atoms with Crippen molar-refractivity contribution in [3.05, 3.63) is 83.2 Å². The lowest BCUT2D eigenvalue weighted by molar-refractivity contribution is -0.137. The van der Waals surface area contributed by atoms with E-state index in [9.17, 15) is 27.6 Å². The lowest BCUT2D eigenvalue weighted by atomic mass is 9.99. The molecule has 3 rings (SSSR count). The second-order valence-electron chi connectivity index (χ2n) is 7.99. The third kappa shape index (κ3) is 5.96. The highest BCUT2D eigenvalue weighted by atomic mass is 19.4. The number of carbonyl (C=O) groups excluding carboxylic acids is 1. The van der Waals surface area contributed by atoms with Crippen LogP contribution in [0.4, 0.5) is 28.9 Å². The number of amides is 1. The van der Waals surface area contributed by atoms with Gasteiger partial charge in [-0.15, -0.1) is 0 Å². The zero-order valence-electron chi connectivity index (χ0n) is 18.8. The summed E-state index contributed by atoms with van der Waals surface area (Å²) in [6.07, 6.45) is -4.73. The van der Waals surface area contributed by atoms with E-state index in [0.29, 0.717) is 22.4 Å². The fraction of sp³-hybridized carbons (Fsp3) is 0.192. The molecule has 0 aromatic heterocycles. The van der Waals surface area contributed by atoms with Crippen LogP contribution in [0.1, 0.15) is 23.6 Å². The fourth-order valence-electron chi connectivity index (χ4n) is 3.55. The van der Waals surface area contributed by atoms with Gasteiger partial charge < -0.3 is 10.2 Å². The topological polar surface area (TPSA) is 79.9 Å². The Morgan fingerprint density at radius 1 is 1.00 bits per heavy atom. The number of alkyl halides is 3. The van der Waals surface area contributed by atoms with E-state index in [1.165, 1.54) is 24.3 Å². The number of halogens is 4. The maximum atomic E-state index is 13.3. The molecule has 0 bridgehead atoms. The van der Waals surface area contributed by atoms with E-state index in [0.717, 1.165) is 12.1 Å². The van der Waals surface area contributed by atoms with Crippen molar-refractivity contribution in [1.82, 2.24) is 0 Å². The number of hydrogen-bond donors (Lipinski definition) is 1. The summed E-state index contributed by atoms with van der Waals surface area (Å²) in [5, 5.41) is 20.8. The Bertz CT molecular complexity index is 1320. The van der Waals surface area contributed by atoms with Crippen LogP contribution in [0.25, 0.3) is 11.1 Å². The van der Waals surface area contributed by atoms with E-state index < -0.39 is 34.9 Å². The molecule has 1 atom stereocenters. The Morgan fingerprint density at radius 3 is 2.23 bits per heavy atom. The minimum atomic E-state index is -4.73. The van der Waals surface area contributed by atoms with Gasteiger partial charge in [0.1, 0.15) is 5.82 Å². The Balaban J connectivity index is 1.76. The van der Waals surface area contributed by atoms with Gasteiger partial charge in [-0.25, -0.2) is 4.39 Å². The van der Waals surface area contributed by atoms with Crippen LogP contribution in [0.5, 0.6) is 0 Å². The molecule has 1 unspecified atom stereocenters. The van der Waals surface area contributed by atoms with Crippen LogP contribution in [0.3, 0.4) is 0 Å². The predicted octanol–water partition coefficient (Wildman–Crippen LogP) is 5.97. The summed E-state index contributed by atoms with van der Waals surface area (Å²) in [6.45, 7) is 1.85. The molecular formula is C26H20F4N4O. The van der Waals surface area contributed by atoms with Crippen molar-refractivity contribution in [1.29, 1.82) is 10.5 Å². The van der Waals surface area contributed by atoms with Crippen molar-refractivity contribution in [2.24, 2.45) is 5.92 Å². The van der Waals surface area contributed by atoms with E-state index >= 15 is 0 Å². The number of rotatable bonds is 6. The maximum Gasteiger partial charge on any atom is 0.417 e. The molecule has 1 amide bonds. The third-order valence-electron chi connectivity index (χ3n) is 5.43. The summed E-state index contributed by atoms with van der Waals surface area (Å²) in [7, 11) is 1.74. The molecule has 0 saturated carbocycles. The normalized spacial score (nSPS) is 11.8. The monoisotopic (exact) mass is 480 g/mol. The molecule has 0 saturated heterocycles. The lowest BCUT2D eigenvalue weighted by Crippen LogP contribution is -2.32. The molecular weight excluding hydrogens is 460 g/mol. The maximum absolute atomic E-state index is 13.3. The first-order valence-corrected chi connectivity index (χ1v) is 10.5. The van der Waals surface area contributed by atoms with Gasteiger partial charge in [0.15, 0.2) is 0 Å². The van der Waals surface area contributed by atoms with Crippen LogP contribution in [0.15, 0.2) is 60.7 Å². The first kappa shape index (κ1) is 25.3. The molecule has 3 aromatic rings. The van der Waals surface area contributed by atoms with Crippen LogP contribution < -0.4 is 10.2 Å². The molecule has 3 aromatic carbocycles. The van der Waals surface area contributed by atoms with Crippen LogP contribution in [0, 0.1) is 34.4 Å². The summed E-state index contributed by atoms with van der Waals surface area (Å²) >= 11 is 0. The van der Waals surface area contributed by atoms with E-state index in [2.05, 4.69) is 11.4 Å². The molecule has 0 radical (unpaired) electrons. The minimum Gasteiger partial charge on any atom is -0.374 e. The van der Waals surface area contributed by atoms with Gasteiger partial charge in [-0.05, 0) is 54.1 Å². The van der Waals surface area contributed by atoms with E-state index in [1.807, 2.05) is 0 Å². The van der Waals surface area contributed by atoms with Crippen LogP contribution >= 0.6 is 0 Å². The van der Waals surface area contributed by atoms with Gasteiger partial charge in [0.25, 0.3) is 0 Å². The smallest absolute Gasteiger partial charge is 0.374 e. The minimum absolute atomic E-state index is 0.0622. The number of carbonyl (C=O) groups is 1. The molecule has 5 nitrogen and oxygen atoms in total. The van der Waals surface area contributed by atoms with Crippen LogP contribution in [0.2, 0.25) is 0 Å². The number of nitriles is 2. The average Bonchev–Trinajstić information content (AvgIpc) is 2.83. The summed E-state index contributed by atoms with van der Waals surface area (Å²) in [6, 6.07) is 17.4. The zero-order chi connectivity index (χ0) is 25.8. The van der Waals surface area contributed by atoms with Crippen molar-refractivity contribution in [2.45, 2.75) is 13.1 Å². The number of benzene rings is 3. The predicted molar refractivity (Wildman–Crippen MR) is 124 cm³/mol. The van der Waals surface area contributed by atoms with Gasteiger partial charge in [0.2, 0.25) is 5.91 Å². The van der Waals surface area contributed by atoms with Crippen molar-refractivity contribution in [2.75, 3.05) is 23.8 Å². The molecule has 9 heteroatoms. The third-order valence-corrected chi connectivity index (χ3v) is 5.43. The van der Waals surface area contributed by atoms with Gasteiger partial charge in [0.05, 0.1) is 34.7 Å². The van der Waals surface area contributed by atoms with Crippen LogP contribution in [-0.2, 0) is 11.0 Å². The summed E-state index contributed by atoms with van der Waals surface area (Å²) in [5.74, 6) is -1.51. The van der Waals surface area contributed by atoms with Gasteiger partial charge in [-0.2, -0.15) is 23.7 Å². The van der Waals surface area contributed by atoms with Gasteiger partial charge in [-0.3, -0.25) is 4.79 Å². The van der Waals surface area contributed by atoms with Gasteiger partial charge in [-0.1, -0.05) is 19.1 Å². The molecule has 0 aliphatic heterocycles. The van der Waals surface area contributed by atoms with Crippen molar-refractivity contribution in [3.8, 4) is 23.3 Å². The standard InChI is InChI=1S/C26H20F4N4O/c1-16(25(35)33-21-9-5-19(14-32)24(11-21)26(28,29)30)15-34(2)22-10-6-18(13-31)23(12-22)17-3-7-20(27)8-4-17/h3-12,16H,15H2,1-2H3,(H,33,35). The SMILES string of the molecule is CC(CN(C)c1ccc(C#N)c(-c2ccc(F)cc2)c1)C(=O)Nc1ccc(C#N)c(C(F)(F)F)c1. The van der Waals surface area contributed by atoms with Crippen molar-refractivity contribution >= 4 is 17.3 Å². The van der Waals surface area contributed by atoms with E-state index in [-0.39, 0.29) is 12.2 Å². The summed E-state index contributed by atoms with van der Waals surface area (Å²) < 4.78 is 52.9. The van der Waals surface area contributed by atoms with Gasteiger partial charge in [0, 0.05) is 30.5 Å². The number of hydrogen-bond acceptors (Lipinski definition) is 4. The van der Waals surface area contributed by atoms with Gasteiger partial charge >= 0.3 is 6.18 Å². The first-order valence-electron chi connectivity index (χ1n) is 10.5. The highest BCUT2D eigenvalue weighted by molar-refractivity contribution is 5.93. The van der Waals surface area contributed by atoms with E-state index in [1.54, 1.807) is 49.2 Å². The zero-order valence-corrected chi connectivity index (χ0v) is 18.8. The number of anilines is 2. The Kier molecular flexibility index (Phi) is 7.41. The second kappa shape index (κ2) is 10.3. The average molecular weight is 480 g/mol. The summed E-state index contributed by atoms with van der Waals surface area (Å²) in [4.78, 5) is 14.4. The second-order valence-corrected chi connectivity index (χ2v) is 7.99. The molecule has 0 aliphatic rings. The highest BCUT2D eigenvalue weighted by Gasteiger charge is 2.34. The number of nitrogens with zero attached hydrogens (tertiary/aromatic N) is 3. The highest BCUT2D eigenvalue weighted by Crippen LogP contribution is 2.34. The first-order chi connectivity index (χ1) is 16.5. The molecule has 0 fully saturated rings. The molecule has 1 N–H and O–H groups in total. The largest absolute Gasteiger partial charge is 0.417 e. The Morgan fingerprint density at radius 2 is 1.63 bits per heavy atom. The van der Waals surface area contributed by atoms with Crippen molar-refractivity contribution < 1.29 is 22.4 Å². The molecule has 0 aliphatic carbocycles. The molecule has 0 heterocycles. The molecule has 35 heavy (non-hydrogen) atoms. The summed E-state index contributed by atoms with van der Waals surface area (Å²) in [5.41, 5.74) is 0.653. The molecule has 178 valence electrons. The van der Waals surface area contributed by atoms with E-state index in [4.69, 9.17) is 5.26 Å². The Labute approximate surface area is 199 Å².